The van der Waals surface area contributed by atoms with E-state index in [0.717, 1.165) is 0 Å². The van der Waals surface area contributed by atoms with Crippen LogP contribution in [-0.2, 0) is 9.59 Å². The van der Waals surface area contributed by atoms with Gasteiger partial charge in [0.1, 0.15) is 6.04 Å². The van der Waals surface area contributed by atoms with E-state index in [1.54, 1.807) is 0 Å². The molecule has 56 valence electrons. The van der Waals surface area contributed by atoms with Crippen LogP contribution >= 0.6 is 0 Å². The fraction of sp³-hybridized carbons (Fsp3) is 0.667. The van der Waals surface area contributed by atoms with E-state index < -0.39 is 0 Å². The first-order chi connectivity index (χ1) is 4.74. The van der Waals surface area contributed by atoms with E-state index in [1.165, 1.54) is 0 Å². The Kier molecular flexibility index (Phi) is 1.89. The van der Waals surface area contributed by atoms with Gasteiger partial charge in [0.2, 0.25) is 11.8 Å². The second-order valence-corrected chi connectivity index (χ2v) is 2.25. The van der Waals surface area contributed by atoms with Crippen molar-refractivity contribution in [3.63, 3.8) is 0 Å². The Morgan fingerprint density at radius 3 is 2.80 bits per heavy atom. The Morgan fingerprint density at radius 2 is 2.30 bits per heavy atom. The van der Waals surface area contributed by atoms with Gasteiger partial charge in [0.15, 0.2) is 0 Å². The number of rotatable bonds is 1. The highest BCUT2D eigenvalue weighted by Crippen LogP contribution is 1.93. The number of amides is 2. The number of carbonyl (C=O) groups excluding carboxylic acids is 2. The number of piperazine rings is 1. The summed E-state index contributed by atoms with van der Waals surface area (Å²) in [4.78, 5) is 21.5. The zero-order valence-electron chi connectivity index (χ0n) is 5.81. The minimum absolute atomic E-state index is 0.0814. The molecule has 0 aromatic carbocycles. The van der Waals surface area contributed by atoms with Crippen LogP contribution in [0.1, 0.15) is 13.3 Å². The van der Waals surface area contributed by atoms with Crippen LogP contribution in [0.5, 0.6) is 0 Å². The minimum Gasteiger partial charge on any atom is -0.345 e. The lowest BCUT2D eigenvalue weighted by Gasteiger charge is -2.21. The van der Waals surface area contributed by atoms with Gasteiger partial charge in [-0.3, -0.25) is 9.59 Å². The lowest BCUT2D eigenvalue weighted by molar-refractivity contribution is -0.133. The summed E-state index contributed by atoms with van der Waals surface area (Å²) in [6, 6.07) is -0.318. The van der Waals surface area contributed by atoms with E-state index in [0.29, 0.717) is 6.42 Å². The third-order valence-electron chi connectivity index (χ3n) is 1.48. The molecular weight excluding hydrogens is 132 g/mol. The van der Waals surface area contributed by atoms with Gasteiger partial charge >= 0.3 is 0 Å². The Balaban J connectivity index is 2.53. The van der Waals surface area contributed by atoms with Gasteiger partial charge in [-0.25, -0.2) is 0 Å². The number of nitrogens with one attached hydrogen (secondary N) is 2. The molecule has 0 aliphatic carbocycles. The molecule has 10 heavy (non-hydrogen) atoms. The van der Waals surface area contributed by atoms with Crippen LogP contribution in [-0.4, -0.2) is 24.4 Å². The van der Waals surface area contributed by atoms with Gasteiger partial charge in [0, 0.05) is 0 Å². The van der Waals surface area contributed by atoms with Gasteiger partial charge in [0.25, 0.3) is 0 Å². The van der Waals surface area contributed by atoms with Gasteiger partial charge < -0.3 is 10.6 Å². The molecule has 0 aromatic rings. The third kappa shape index (κ3) is 1.26. The predicted molar refractivity (Wildman–Crippen MR) is 35.2 cm³/mol. The summed E-state index contributed by atoms with van der Waals surface area (Å²) in [5, 5.41) is 5.05. The Bertz CT molecular complexity index is 167. The third-order valence-corrected chi connectivity index (χ3v) is 1.48. The fourth-order valence-electron chi connectivity index (χ4n) is 0.889. The first-order valence-corrected chi connectivity index (χ1v) is 3.31. The lowest BCUT2D eigenvalue weighted by atomic mass is 10.2. The summed E-state index contributed by atoms with van der Waals surface area (Å²) in [6.45, 7) is 1.98. The smallest absolute Gasteiger partial charge is 0.243 e. The molecule has 2 N–H and O–H groups in total. The second kappa shape index (κ2) is 2.68. The number of hydrogen-bond acceptors (Lipinski definition) is 2. The van der Waals surface area contributed by atoms with Crippen molar-refractivity contribution in [3.05, 3.63) is 0 Å². The maximum atomic E-state index is 10.8. The van der Waals surface area contributed by atoms with Crippen LogP contribution in [0.2, 0.25) is 0 Å². The van der Waals surface area contributed by atoms with Crippen molar-refractivity contribution < 1.29 is 9.59 Å². The van der Waals surface area contributed by atoms with Crippen LogP contribution < -0.4 is 10.6 Å². The summed E-state index contributed by atoms with van der Waals surface area (Å²) < 4.78 is 0. The summed E-state index contributed by atoms with van der Waals surface area (Å²) in [5.41, 5.74) is 0. The first-order valence-electron chi connectivity index (χ1n) is 3.31. The van der Waals surface area contributed by atoms with E-state index in [2.05, 4.69) is 10.6 Å². The van der Waals surface area contributed by atoms with Crippen molar-refractivity contribution in [2.75, 3.05) is 6.54 Å². The maximum Gasteiger partial charge on any atom is 0.243 e. The second-order valence-electron chi connectivity index (χ2n) is 2.25. The fourth-order valence-corrected chi connectivity index (χ4v) is 0.889. The highest BCUT2D eigenvalue weighted by Gasteiger charge is 2.23. The molecule has 1 aliphatic heterocycles. The van der Waals surface area contributed by atoms with E-state index in [-0.39, 0.29) is 24.4 Å². The van der Waals surface area contributed by atoms with Gasteiger partial charge in [-0.1, -0.05) is 6.92 Å². The largest absolute Gasteiger partial charge is 0.345 e. The molecule has 1 atom stereocenters. The van der Waals surface area contributed by atoms with E-state index in [9.17, 15) is 9.59 Å². The van der Waals surface area contributed by atoms with Gasteiger partial charge in [-0.05, 0) is 6.42 Å². The van der Waals surface area contributed by atoms with Crippen molar-refractivity contribution in [1.29, 1.82) is 0 Å². The number of hydrogen-bond donors (Lipinski definition) is 2. The Labute approximate surface area is 59.0 Å². The molecule has 0 radical (unpaired) electrons. The van der Waals surface area contributed by atoms with Gasteiger partial charge in [-0.15, -0.1) is 0 Å². The highest BCUT2D eigenvalue weighted by atomic mass is 16.2. The van der Waals surface area contributed by atoms with E-state index in [4.69, 9.17) is 0 Å². The van der Waals surface area contributed by atoms with Crippen molar-refractivity contribution in [2.45, 2.75) is 19.4 Å². The average Bonchev–Trinajstić information content (AvgIpc) is 1.94. The van der Waals surface area contributed by atoms with Gasteiger partial charge in [-0.2, -0.15) is 0 Å². The molecule has 1 aliphatic rings. The van der Waals surface area contributed by atoms with E-state index >= 15 is 0 Å². The van der Waals surface area contributed by atoms with Crippen molar-refractivity contribution >= 4 is 11.8 Å². The topological polar surface area (TPSA) is 58.2 Å². The SMILES string of the molecule is CC[C@@H]1NC(=O)CNC1=O. The molecule has 2 amide bonds. The average molecular weight is 142 g/mol. The summed E-state index contributed by atoms with van der Waals surface area (Å²) in [6.07, 6.45) is 0.650. The first kappa shape index (κ1) is 7.05. The molecule has 0 bridgehead atoms. The molecule has 1 saturated heterocycles. The van der Waals surface area contributed by atoms with Crippen LogP contribution in [0.15, 0.2) is 0 Å². The van der Waals surface area contributed by atoms with Crippen LogP contribution in [0, 0.1) is 0 Å². The molecule has 1 heterocycles. The summed E-state index contributed by atoms with van der Waals surface area (Å²) in [5.74, 6) is -0.187. The number of carbonyl (C=O) groups is 2. The van der Waals surface area contributed by atoms with Crippen molar-refractivity contribution in [2.24, 2.45) is 0 Å². The van der Waals surface area contributed by atoms with Gasteiger partial charge in [0.05, 0.1) is 6.54 Å². The molecule has 1 rings (SSSR count). The Hall–Kier alpha value is -1.06. The highest BCUT2D eigenvalue weighted by molar-refractivity contribution is 5.94. The summed E-state index contributed by atoms with van der Waals surface area (Å²) in [7, 11) is 0. The monoisotopic (exact) mass is 142 g/mol. The molecule has 0 unspecified atom stereocenters. The molecule has 0 saturated carbocycles. The zero-order valence-corrected chi connectivity index (χ0v) is 5.81. The molecule has 1 fully saturated rings. The molecule has 0 aromatic heterocycles. The van der Waals surface area contributed by atoms with Crippen molar-refractivity contribution in [1.82, 2.24) is 10.6 Å². The quantitative estimate of drug-likeness (QED) is 0.494. The zero-order chi connectivity index (χ0) is 7.56. The van der Waals surface area contributed by atoms with Crippen molar-refractivity contribution in [3.8, 4) is 0 Å². The maximum absolute atomic E-state index is 10.8. The minimum atomic E-state index is -0.318. The Morgan fingerprint density at radius 1 is 1.60 bits per heavy atom. The van der Waals surface area contributed by atoms with Crippen LogP contribution in [0.3, 0.4) is 0 Å². The van der Waals surface area contributed by atoms with E-state index in [1.807, 2.05) is 6.92 Å². The standard InChI is InChI=1S/C6H10N2O2/c1-2-4-6(10)7-3-5(9)8-4/h4H,2-3H2,1H3,(H,7,10)(H,8,9)/t4-/m0/s1. The van der Waals surface area contributed by atoms with Crippen LogP contribution in [0.25, 0.3) is 0 Å². The summed E-state index contributed by atoms with van der Waals surface area (Å²) >= 11 is 0. The normalized spacial score (nSPS) is 25.5. The molecular formula is C6H10N2O2. The molecule has 4 heteroatoms. The van der Waals surface area contributed by atoms with Crippen LogP contribution in [0.4, 0.5) is 0 Å². The molecule has 4 nitrogen and oxygen atoms in total. The molecule has 0 spiro atoms. The predicted octanol–water partition coefficient (Wildman–Crippen LogP) is -0.989. The lowest BCUT2D eigenvalue weighted by Crippen LogP contribution is -2.55.